The van der Waals surface area contributed by atoms with Crippen molar-refractivity contribution < 1.29 is 28.5 Å². The van der Waals surface area contributed by atoms with Crippen molar-refractivity contribution in [2.45, 2.75) is 52.9 Å². The number of hydrogen-bond acceptors (Lipinski definition) is 6. The van der Waals surface area contributed by atoms with Crippen LogP contribution in [0.5, 0.6) is 17.2 Å². The number of carbonyl (C=O) groups is 2. The maximum absolute atomic E-state index is 12.9. The second-order valence-electron chi connectivity index (χ2n) is 6.01. The number of esters is 2. The summed E-state index contributed by atoms with van der Waals surface area (Å²) in [5.41, 5.74) is -1.35. The standard InChI is InChI=1S/C20H30O6/c1-6-9-10-14-25-18(21)20(7-2,8-3)19(22)26-17-15(23-4)12-11-13-16(17)24-5/h11-13H,6-10,14H2,1-5H3. The van der Waals surface area contributed by atoms with E-state index in [1.54, 1.807) is 32.0 Å². The Hall–Kier alpha value is -2.24. The maximum Gasteiger partial charge on any atom is 0.329 e. The van der Waals surface area contributed by atoms with Crippen molar-refractivity contribution in [3.05, 3.63) is 18.2 Å². The van der Waals surface area contributed by atoms with Gasteiger partial charge in [-0.05, 0) is 31.4 Å². The predicted octanol–water partition coefficient (Wildman–Crippen LogP) is 4.15. The molecular formula is C20H30O6. The van der Waals surface area contributed by atoms with Gasteiger partial charge >= 0.3 is 11.9 Å². The van der Waals surface area contributed by atoms with Crippen molar-refractivity contribution in [2.24, 2.45) is 5.41 Å². The Labute approximate surface area is 155 Å². The van der Waals surface area contributed by atoms with Crippen LogP contribution in [0.15, 0.2) is 18.2 Å². The third-order valence-corrected chi connectivity index (χ3v) is 4.55. The first-order valence-corrected chi connectivity index (χ1v) is 9.11. The van der Waals surface area contributed by atoms with Crippen molar-refractivity contribution in [1.82, 2.24) is 0 Å². The molecule has 0 N–H and O–H groups in total. The Morgan fingerprint density at radius 1 is 0.923 bits per heavy atom. The maximum atomic E-state index is 12.9. The van der Waals surface area contributed by atoms with Gasteiger partial charge in [0, 0.05) is 0 Å². The second-order valence-corrected chi connectivity index (χ2v) is 6.01. The van der Waals surface area contributed by atoms with Gasteiger partial charge in [0.05, 0.1) is 20.8 Å². The van der Waals surface area contributed by atoms with Crippen LogP contribution >= 0.6 is 0 Å². The molecule has 0 saturated carbocycles. The predicted molar refractivity (Wildman–Crippen MR) is 98.7 cm³/mol. The minimum Gasteiger partial charge on any atom is -0.493 e. The van der Waals surface area contributed by atoms with Crippen LogP contribution in [0.2, 0.25) is 0 Å². The number of unbranched alkanes of at least 4 members (excludes halogenated alkanes) is 2. The summed E-state index contributed by atoms with van der Waals surface area (Å²) >= 11 is 0. The molecule has 0 bridgehead atoms. The first-order valence-electron chi connectivity index (χ1n) is 9.11. The fraction of sp³-hybridized carbons (Fsp3) is 0.600. The van der Waals surface area contributed by atoms with E-state index in [1.807, 2.05) is 0 Å². The molecule has 0 spiro atoms. The minimum atomic E-state index is -1.35. The van der Waals surface area contributed by atoms with Gasteiger partial charge in [-0.2, -0.15) is 0 Å². The van der Waals surface area contributed by atoms with Crippen LogP contribution in [-0.2, 0) is 14.3 Å². The molecule has 6 heteroatoms. The summed E-state index contributed by atoms with van der Waals surface area (Å²) < 4.78 is 21.4. The number of carbonyl (C=O) groups excluding carboxylic acids is 2. The zero-order valence-electron chi connectivity index (χ0n) is 16.4. The fourth-order valence-corrected chi connectivity index (χ4v) is 2.67. The van der Waals surface area contributed by atoms with E-state index < -0.39 is 17.4 Å². The van der Waals surface area contributed by atoms with Gasteiger partial charge in [-0.1, -0.05) is 39.7 Å². The van der Waals surface area contributed by atoms with Crippen LogP contribution in [0.3, 0.4) is 0 Å². The molecule has 6 nitrogen and oxygen atoms in total. The zero-order valence-corrected chi connectivity index (χ0v) is 16.4. The Bertz CT molecular complexity index is 570. The molecule has 1 aromatic carbocycles. The Morgan fingerprint density at radius 2 is 1.50 bits per heavy atom. The molecule has 1 aromatic rings. The summed E-state index contributed by atoms with van der Waals surface area (Å²) in [7, 11) is 2.95. The van der Waals surface area contributed by atoms with Gasteiger partial charge in [-0.3, -0.25) is 9.59 Å². The molecular weight excluding hydrogens is 336 g/mol. The van der Waals surface area contributed by atoms with Gasteiger partial charge in [0.2, 0.25) is 5.75 Å². The molecule has 146 valence electrons. The number of para-hydroxylation sites is 1. The van der Waals surface area contributed by atoms with E-state index in [2.05, 4.69) is 6.92 Å². The summed E-state index contributed by atoms with van der Waals surface area (Å²) in [5, 5.41) is 0. The fourth-order valence-electron chi connectivity index (χ4n) is 2.67. The Morgan fingerprint density at radius 3 is 1.96 bits per heavy atom. The van der Waals surface area contributed by atoms with E-state index in [1.165, 1.54) is 14.2 Å². The average Bonchev–Trinajstić information content (AvgIpc) is 2.66. The molecule has 0 aliphatic heterocycles. The highest BCUT2D eigenvalue weighted by Crippen LogP contribution is 2.39. The van der Waals surface area contributed by atoms with Crippen molar-refractivity contribution in [2.75, 3.05) is 20.8 Å². The Kier molecular flexibility index (Phi) is 8.96. The van der Waals surface area contributed by atoms with Gasteiger partial charge in [-0.25, -0.2) is 0 Å². The lowest BCUT2D eigenvalue weighted by molar-refractivity contribution is -0.168. The van der Waals surface area contributed by atoms with Gasteiger partial charge in [0.1, 0.15) is 0 Å². The van der Waals surface area contributed by atoms with Crippen molar-refractivity contribution in [1.29, 1.82) is 0 Å². The lowest BCUT2D eigenvalue weighted by Crippen LogP contribution is -2.42. The van der Waals surface area contributed by atoms with E-state index in [-0.39, 0.29) is 18.6 Å². The molecule has 0 atom stereocenters. The minimum absolute atomic E-state index is 0.160. The third kappa shape index (κ3) is 4.90. The zero-order chi connectivity index (χ0) is 19.6. The molecule has 0 aromatic heterocycles. The van der Waals surface area contributed by atoms with Crippen LogP contribution in [-0.4, -0.2) is 32.8 Å². The summed E-state index contributed by atoms with van der Waals surface area (Å²) in [6.07, 6.45) is 3.35. The van der Waals surface area contributed by atoms with Crippen molar-refractivity contribution in [3.63, 3.8) is 0 Å². The van der Waals surface area contributed by atoms with Crippen molar-refractivity contribution >= 4 is 11.9 Å². The van der Waals surface area contributed by atoms with Crippen LogP contribution in [0, 0.1) is 5.41 Å². The van der Waals surface area contributed by atoms with E-state index in [9.17, 15) is 9.59 Å². The lowest BCUT2D eigenvalue weighted by atomic mass is 9.82. The number of rotatable bonds is 11. The van der Waals surface area contributed by atoms with E-state index in [0.29, 0.717) is 18.1 Å². The summed E-state index contributed by atoms with van der Waals surface area (Å²) in [4.78, 5) is 25.6. The quantitative estimate of drug-likeness (QED) is 0.254. The largest absolute Gasteiger partial charge is 0.493 e. The van der Waals surface area contributed by atoms with E-state index >= 15 is 0 Å². The molecule has 0 unspecified atom stereocenters. The van der Waals surface area contributed by atoms with Crippen molar-refractivity contribution in [3.8, 4) is 17.2 Å². The van der Waals surface area contributed by atoms with Crippen LogP contribution in [0.25, 0.3) is 0 Å². The normalized spacial score (nSPS) is 11.0. The number of hydrogen-bond donors (Lipinski definition) is 0. The molecule has 0 fully saturated rings. The number of ether oxygens (including phenoxy) is 4. The van der Waals surface area contributed by atoms with Crippen LogP contribution in [0.1, 0.15) is 52.9 Å². The number of methoxy groups -OCH3 is 2. The highest BCUT2D eigenvalue weighted by molar-refractivity contribution is 6.01. The first kappa shape index (κ1) is 21.8. The topological polar surface area (TPSA) is 71.1 Å². The van der Waals surface area contributed by atoms with Gasteiger partial charge < -0.3 is 18.9 Å². The third-order valence-electron chi connectivity index (χ3n) is 4.55. The highest BCUT2D eigenvalue weighted by Gasteiger charge is 2.46. The molecule has 0 aliphatic rings. The summed E-state index contributed by atoms with van der Waals surface area (Å²) in [6, 6.07) is 5.05. The monoisotopic (exact) mass is 366 g/mol. The van der Waals surface area contributed by atoms with Gasteiger partial charge in [0.15, 0.2) is 16.9 Å². The van der Waals surface area contributed by atoms with E-state index in [0.717, 1.165) is 19.3 Å². The van der Waals surface area contributed by atoms with E-state index in [4.69, 9.17) is 18.9 Å². The lowest BCUT2D eigenvalue weighted by Gasteiger charge is -2.27. The van der Waals surface area contributed by atoms with Crippen LogP contribution in [0.4, 0.5) is 0 Å². The van der Waals surface area contributed by atoms with Crippen LogP contribution < -0.4 is 14.2 Å². The molecule has 26 heavy (non-hydrogen) atoms. The SMILES string of the molecule is CCCCCOC(=O)C(CC)(CC)C(=O)Oc1c(OC)cccc1OC. The number of benzene rings is 1. The first-order chi connectivity index (χ1) is 12.5. The Balaban J connectivity index is 3.04. The molecule has 0 radical (unpaired) electrons. The highest BCUT2D eigenvalue weighted by atomic mass is 16.6. The van der Waals surface area contributed by atoms with Gasteiger partial charge in [-0.15, -0.1) is 0 Å². The smallest absolute Gasteiger partial charge is 0.329 e. The molecule has 1 rings (SSSR count). The molecule has 0 amide bonds. The summed E-state index contributed by atoms with van der Waals surface area (Å²) in [5.74, 6) is -0.332. The molecule has 0 saturated heterocycles. The van der Waals surface area contributed by atoms with Gasteiger partial charge in [0.25, 0.3) is 0 Å². The average molecular weight is 366 g/mol. The summed E-state index contributed by atoms with van der Waals surface area (Å²) in [6.45, 7) is 5.93. The molecule has 0 heterocycles. The molecule has 0 aliphatic carbocycles. The second kappa shape index (κ2) is 10.7.